The summed E-state index contributed by atoms with van der Waals surface area (Å²) in [6, 6.07) is 18.1. The number of nitrogens with one attached hydrogen (secondary N) is 1. The summed E-state index contributed by atoms with van der Waals surface area (Å²) < 4.78 is 1.96. The molecule has 0 aliphatic rings. The molecular weight excluding hydrogens is 452 g/mol. The second-order valence-electron chi connectivity index (χ2n) is 7.63. The van der Waals surface area contributed by atoms with E-state index in [2.05, 4.69) is 20.5 Å². The lowest BCUT2D eigenvalue weighted by Crippen LogP contribution is -2.23. The van der Waals surface area contributed by atoms with Gasteiger partial charge in [-0.3, -0.25) is 24.5 Å². The van der Waals surface area contributed by atoms with Crippen molar-refractivity contribution in [3.63, 3.8) is 0 Å². The SMILES string of the molecule is Cc1ccc([N+](=O)[O-])cc1NC(=O)[C@H](C)Sc1nnc(-c2cccnc2)n1Cc1ccccc1. The molecule has 34 heavy (non-hydrogen) atoms. The van der Waals surface area contributed by atoms with Crippen molar-refractivity contribution in [1.82, 2.24) is 19.7 Å². The van der Waals surface area contributed by atoms with E-state index >= 15 is 0 Å². The Hall–Kier alpha value is -4.05. The van der Waals surface area contributed by atoms with E-state index < -0.39 is 10.2 Å². The highest BCUT2D eigenvalue weighted by Crippen LogP contribution is 2.29. The zero-order valence-electron chi connectivity index (χ0n) is 18.6. The summed E-state index contributed by atoms with van der Waals surface area (Å²) in [6.45, 7) is 4.07. The van der Waals surface area contributed by atoms with E-state index in [-0.39, 0.29) is 11.6 Å². The highest BCUT2D eigenvalue weighted by molar-refractivity contribution is 8.00. The molecular formula is C24H22N6O3S. The molecule has 172 valence electrons. The largest absolute Gasteiger partial charge is 0.325 e. The maximum absolute atomic E-state index is 12.9. The number of nitro groups is 1. The van der Waals surface area contributed by atoms with E-state index in [0.717, 1.165) is 16.7 Å². The summed E-state index contributed by atoms with van der Waals surface area (Å²) in [7, 11) is 0. The Morgan fingerprint density at radius 2 is 1.94 bits per heavy atom. The number of nitrogens with zero attached hydrogens (tertiary/aromatic N) is 5. The Morgan fingerprint density at radius 3 is 2.65 bits per heavy atom. The van der Waals surface area contributed by atoms with Gasteiger partial charge >= 0.3 is 0 Å². The number of carbonyl (C=O) groups excluding carboxylic acids is 1. The quantitative estimate of drug-likeness (QED) is 0.223. The number of non-ortho nitro benzene ring substituents is 1. The molecule has 4 rings (SSSR count). The minimum absolute atomic E-state index is 0.0788. The van der Waals surface area contributed by atoms with E-state index in [1.165, 1.54) is 23.9 Å². The van der Waals surface area contributed by atoms with Gasteiger partial charge in [0.15, 0.2) is 11.0 Å². The highest BCUT2D eigenvalue weighted by Gasteiger charge is 2.22. The van der Waals surface area contributed by atoms with E-state index in [1.807, 2.05) is 47.0 Å². The lowest BCUT2D eigenvalue weighted by atomic mass is 10.2. The fraction of sp³-hybridized carbons (Fsp3) is 0.167. The number of pyridine rings is 1. The Balaban J connectivity index is 1.58. The van der Waals surface area contributed by atoms with Crippen LogP contribution in [0.25, 0.3) is 11.4 Å². The first kappa shape index (κ1) is 23.1. The van der Waals surface area contributed by atoms with Crippen LogP contribution in [0.2, 0.25) is 0 Å². The number of aromatic nitrogens is 4. The van der Waals surface area contributed by atoms with Crippen molar-refractivity contribution in [1.29, 1.82) is 0 Å². The standard InChI is InChI=1S/C24H22N6O3S/c1-16-10-11-20(30(32)33)13-21(16)26-23(31)17(2)34-24-28-27-22(19-9-6-12-25-14-19)29(24)15-18-7-4-3-5-8-18/h3-14,17H,15H2,1-2H3,(H,26,31)/t17-/m0/s1. The predicted octanol–water partition coefficient (Wildman–Crippen LogP) is 4.72. The molecule has 9 nitrogen and oxygen atoms in total. The Labute approximate surface area is 200 Å². The normalized spacial score (nSPS) is 11.7. The fourth-order valence-corrected chi connectivity index (χ4v) is 4.15. The zero-order valence-corrected chi connectivity index (χ0v) is 19.4. The van der Waals surface area contributed by atoms with Crippen LogP contribution in [-0.4, -0.2) is 35.8 Å². The van der Waals surface area contributed by atoms with Gasteiger partial charge in [-0.15, -0.1) is 10.2 Å². The molecule has 10 heteroatoms. The number of carbonyl (C=O) groups is 1. The number of thioether (sulfide) groups is 1. The minimum atomic E-state index is -0.529. The number of anilines is 1. The molecule has 0 spiro atoms. The molecule has 0 radical (unpaired) electrons. The molecule has 0 aliphatic heterocycles. The van der Waals surface area contributed by atoms with Crippen molar-refractivity contribution in [2.75, 3.05) is 5.32 Å². The summed E-state index contributed by atoms with van der Waals surface area (Å²) in [5, 5.41) is 22.7. The van der Waals surface area contributed by atoms with E-state index in [0.29, 0.717) is 23.2 Å². The third-order valence-corrected chi connectivity index (χ3v) is 6.24. The van der Waals surface area contributed by atoms with E-state index in [4.69, 9.17) is 0 Å². The molecule has 0 saturated heterocycles. The molecule has 2 aromatic carbocycles. The molecule has 0 fully saturated rings. The van der Waals surface area contributed by atoms with Crippen LogP contribution in [0.5, 0.6) is 0 Å². The monoisotopic (exact) mass is 474 g/mol. The molecule has 1 N–H and O–H groups in total. The average Bonchev–Trinajstić information content (AvgIpc) is 3.23. The smallest absolute Gasteiger partial charge is 0.271 e. The van der Waals surface area contributed by atoms with Gasteiger partial charge in [-0.2, -0.15) is 0 Å². The van der Waals surface area contributed by atoms with Crippen LogP contribution in [0.3, 0.4) is 0 Å². The van der Waals surface area contributed by atoms with E-state index in [9.17, 15) is 14.9 Å². The molecule has 0 unspecified atom stereocenters. The summed E-state index contributed by atoms with van der Waals surface area (Å²) in [4.78, 5) is 27.7. The number of amides is 1. The molecule has 0 saturated carbocycles. The molecule has 0 aliphatic carbocycles. The van der Waals surface area contributed by atoms with Crippen LogP contribution >= 0.6 is 11.8 Å². The number of hydrogen-bond donors (Lipinski definition) is 1. The summed E-state index contributed by atoms with van der Waals surface area (Å²) in [5.74, 6) is 0.368. The highest BCUT2D eigenvalue weighted by atomic mass is 32.2. The lowest BCUT2D eigenvalue weighted by molar-refractivity contribution is -0.384. The summed E-state index contributed by atoms with van der Waals surface area (Å²) in [6.07, 6.45) is 3.42. The Kier molecular flexibility index (Phi) is 6.98. The van der Waals surface area contributed by atoms with Gasteiger partial charge in [0, 0.05) is 30.1 Å². The van der Waals surface area contributed by atoms with Crippen molar-refractivity contribution in [2.24, 2.45) is 0 Å². The minimum Gasteiger partial charge on any atom is -0.325 e. The maximum Gasteiger partial charge on any atom is 0.271 e. The molecule has 2 heterocycles. The van der Waals surface area contributed by atoms with Crippen LogP contribution in [-0.2, 0) is 11.3 Å². The molecule has 1 atom stereocenters. The van der Waals surface area contributed by atoms with Gasteiger partial charge in [-0.05, 0) is 37.1 Å². The van der Waals surface area contributed by atoms with Crippen LogP contribution in [0.4, 0.5) is 11.4 Å². The average molecular weight is 475 g/mol. The van der Waals surface area contributed by atoms with Crippen molar-refractivity contribution in [3.05, 3.63) is 94.3 Å². The molecule has 1 amide bonds. The zero-order chi connectivity index (χ0) is 24.1. The number of nitro benzene ring substituents is 1. The van der Waals surface area contributed by atoms with Gasteiger partial charge in [0.1, 0.15) is 0 Å². The van der Waals surface area contributed by atoms with E-state index in [1.54, 1.807) is 32.3 Å². The number of aryl methyl sites for hydroxylation is 1. The molecule has 0 bridgehead atoms. The lowest BCUT2D eigenvalue weighted by Gasteiger charge is -2.15. The summed E-state index contributed by atoms with van der Waals surface area (Å²) >= 11 is 1.27. The predicted molar refractivity (Wildman–Crippen MR) is 131 cm³/mol. The third-order valence-electron chi connectivity index (χ3n) is 5.16. The maximum atomic E-state index is 12.9. The molecule has 4 aromatic rings. The van der Waals surface area contributed by atoms with Gasteiger partial charge in [0.25, 0.3) is 5.69 Å². The van der Waals surface area contributed by atoms with Gasteiger partial charge in [0.05, 0.1) is 22.4 Å². The topological polar surface area (TPSA) is 116 Å². The van der Waals surface area contributed by atoms with Crippen LogP contribution in [0.1, 0.15) is 18.1 Å². The van der Waals surface area contributed by atoms with Crippen LogP contribution in [0.15, 0.2) is 78.2 Å². The molecule has 2 aromatic heterocycles. The van der Waals surface area contributed by atoms with Crippen molar-refractivity contribution in [3.8, 4) is 11.4 Å². The van der Waals surface area contributed by atoms with Gasteiger partial charge in [0.2, 0.25) is 5.91 Å². The first-order valence-electron chi connectivity index (χ1n) is 10.5. The van der Waals surface area contributed by atoms with Gasteiger partial charge < -0.3 is 5.32 Å². The third kappa shape index (κ3) is 5.29. The fourth-order valence-electron chi connectivity index (χ4n) is 3.30. The first-order chi connectivity index (χ1) is 16.4. The second-order valence-corrected chi connectivity index (χ2v) is 8.93. The summed E-state index contributed by atoms with van der Waals surface area (Å²) in [5.41, 5.74) is 2.96. The number of hydrogen-bond acceptors (Lipinski definition) is 7. The number of rotatable bonds is 8. The number of benzene rings is 2. The van der Waals surface area contributed by atoms with Crippen molar-refractivity contribution < 1.29 is 9.72 Å². The Morgan fingerprint density at radius 1 is 1.15 bits per heavy atom. The second kappa shape index (κ2) is 10.3. The first-order valence-corrected chi connectivity index (χ1v) is 11.4. The van der Waals surface area contributed by atoms with Gasteiger partial charge in [-0.1, -0.05) is 48.2 Å². The van der Waals surface area contributed by atoms with Crippen LogP contribution in [0, 0.1) is 17.0 Å². The Bertz CT molecular complexity index is 1310. The van der Waals surface area contributed by atoms with Crippen molar-refractivity contribution >= 4 is 29.0 Å². The van der Waals surface area contributed by atoms with Gasteiger partial charge in [-0.25, -0.2) is 0 Å². The van der Waals surface area contributed by atoms with Crippen molar-refractivity contribution in [2.45, 2.75) is 30.8 Å². The van der Waals surface area contributed by atoms with Crippen LogP contribution < -0.4 is 5.32 Å².